The molecule has 3 rings (SSSR count). The van der Waals surface area contributed by atoms with Crippen LogP contribution in [0.4, 0.5) is 18.9 Å². The van der Waals surface area contributed by atoms with Crippen LogP contribution in [0.15, 0.2) is 72.0 Å². The molecule has 140 valence electrons. The van der Waals surface area contributed by atoms with Gasteiger partial charge in [-0.3, -0.25) is 9.78 Å². The Labute approximate surface area is 152 Å². The Balaban J connectivity index is 1.86. The SMILES string of the molecule is O=C(Nc1ccn(S(=O)(=O)c2cccc(C(F)(F)F)c2)c1)c1ccccn1. The molecule has 0 atom stereocenters. The van der Waals surface area contributed by atoms with E-state index in [4.69, 9.17) is 0 Å². The van der Waals surface area contributed by atoms with Gasteiger partial charge in [0.2, 0.25) is 0 Å². The topological polar surface area (TPSA) is 81.1 Å². The highest BCUT2D eigenvalue weighted by Crippen LogP contribution is 2.31. The van der Waals surface area contributed by atoms with E-state index in [1.807, 2.05) is 0 Å². The van der Waals surface area contributed by atoms with Gasteiger partial charge in [0.05, 0.1) is 16.1 Å². The van der Waals surface area contributed by atoms with Gasteiger partial charge in [-0.25, -0.2) is 12.4 Å². The summed E-state index contributed by atoms with van der Waals surface area (Å²) in [5.74, 6) is -0.551. The van der Waals surface area contributed by atoms with Gasteiger partial charge in [0.1, 0.15) is 5.69 Å². The molecule has 0 aliphatic carbocycles. The Morgan fingerprint density at radius 1 is 1.07 bits per heavy atom. The maximum Gasteiger partial charge on any atom is 0.416 e. The fourth-order valence-electron chi connectivity index (χ4n) is 2.25. The lowest BCUT2D eigenvalue weighted by molar-refractivity contribution is -0.137. The molecule has 2 aromatic heterocycles. The molecule has 0 unspecified atom stereocenters. The highest BCUT2D eigenvalue weighted by molar-refractivity contribution is 7.90. The van der Waals surface area contributed by atoms with Crippen molar-refractivity contribution < 1.29 is 26.4 Å². The van der Waals surface area contributed by atoms with Crippen LogP contribution in [-0.2, 0) is 16.2 Å². The summed E-state index contributed by atoms with van der Waals surface area (Å²) < 4.78 is 64.3. The molecular weight excluding hydrogens is 383 g/mol. The number of pyridine rings is 1. The Hall–Kier alpha value is -3.14. The summed E-state index contributed by atoms with van der Waals surface area (Å²) in [7, 11) is -4.25. The number of aromatic nitrogens is 2. The molecule has 1 N–H and O–H groups in total. The van der Waals surface area contributed by atoms with Crippen LogP contribution in [0.25, 0.3) is 0 Å². The van der Waals surface area contributed by atoms with E-state index in [0.717, 1.165) is 34.6 Å². The molecule has 0 aliphatic rings. The number of carbonyl (C=O) groups is 1. The van der Waals surface area contributed by atoms with Crippen molar-refractivity contribution in [1.82, 2.24) is 8.96 Å². The van der Waals surface area contributed by atoms with Crippen molar-refractivity contribution in [2.75, 3.05) is 5.32 Å². The Morgan fingerprint density at radius 3 is 2.52 bits per heavy atom. The van der Waals surface area contributed by atoms with Gasteiger partial charge in [-0.2, -0.15) is 13.2 Å². The number of benzene rings is 1. The normalized spacial score (nSPS) is 12.0. The molecule has 1 aromatic carbocycles. The molecule has 0 aliphatic heterocycles. The van der Waals surface area contributed by atoms with Crippen LogP contribution in [0.5, 0.6) is 0 Å². The molecule has 6 nitrogen and oxygen atoms in total. The first kappa shape index (κ1) is 18.6. The number of alkyl halides is 3. The lowest BCUT2D eigenvalue weighted by atomic mass is 10.2. The minimum Gasteiger partial charge on any atom is -0.319 e. The highest BCUT2D eigenvalue weighted by Gasteiger charge is 2.32. The lowest BCUT2D eigenvalue weighted by Crippen LogP contribution is -2.14. The molecule has 0 radical (unpaired) electrons. The molecule has 10 heteroatoms. The van der Waals surface area contributed by atoms with Gasteiger partial charge in [-0.05, 0) is 36.4 Å². The molecule has 27 heavy (non-hydrogen) atoms. The fourth-order valence-corrected chi connectivity index (χ4v) is 3.49. The van der Waals surface area contributed by atoms with E-state index in [1.54, 1.807) is 12.1 Å². The summed E-state index contributed by atoms with van der Waals surface area (Å²) >= 11 is 0. The quantitative estimate of drug-likeness (QED) is 0.734. The number of nitrogens with one attached hydrogen (secondary N) is 1. The summed E-state index contributed by atoms with van der Waals surface area (Å²) in [5.41, 5.74) is -0.786. The van der Waals surface area contributed by atoms with Crippen molar-refractivity contribution >= 4 is 21.6 Å². The molecule has 0 bridgehead atoms. The molecule has 2 heterocycles. The molecular formula is C17H12F3N3O3S. The van der Waals surface area contributed by atoms with E-state index >= 15 is 0 Å². The van der Waals surface area contributed by atoms with Crippen molar-refractivity contribution in [3.8, 4) is 0 Å². The summed E-state index contributed by atoms with van der Waals surface area (Å²) in [6.07, 6.45) is -1.01. The van der Waals surface area contributed by atoms with Crippen LogP contribution in [0.2, 0.25) is 0 Å². The van der Waals surface area contributed by atoms with Gasteiger partial charge in [-0.15, -0.1) is 0 Å². The van der Waals surface area contributed by atoms with Gasteiger partial charge in [0, 0.05) is 18.6 Å². The van der Waals surface area contributed by atoms with Crippen molar-refractivity contribution in [2.24, 2.45) is 0 Å². The van der Waals surface area contributed by atoms with Crippen LogP contribution < -0.4 is 5.32 Å². The first-order chi connectivity index (χ1) is 12.7. The molecule has 1 amide bonds. The molecule has 3 aromatic rings. The molecule has 0 spiro atoms. The lowest BCUT2D eigenvalue weighted by Gasteiger charge is -2.10. The Kier molecular flexibility index (Phi) is 4.75. The van der Waals surface area contributed by atoms with E-state index in [2.05, 4.69) is 10.3 Å². The van der Waals surface area contributed by atoms with E-state index in [1.165, 1.54) is 18.3 Å². The van der Waals surface area contributed by atoms with E-state index < -0.39 is 32.6 Å². The van der Waals surface area contributed by atoms with Gasteiger partial charge in [0.25, 0.3) is 15.9 Å². The van der Waals surface area contributed by atoms with Crippen LogP contribution in [0.3, 0.4) is 0 Å². The second-order valence-corrected chi connectivity index (χ2v) is 7.27. The number of halogens is 3. The third-order valence-electron chi connectivity index (χ3n) is 3.56. The summed E-state index contributed by atoms with van der Waals surface area (Å²) in [6.45, 7) is 0. The largest absolute Gasteiger partial charge is 0.416 e. The Morgan fingerprint density at radius 2 is 1.85 bits per heavy atom. The number of amides is 1. The average molecular weight is 395 g/mol. The van der Waals surface area contributed by atoms with Crippen LogP contribution in [0, 0.1) is 0 Å². The third kappa shape index (κ3) is 4.00. The van der Waals surface area contributed by atoms with Gasteiger partial charge >= 0.3 is 6.18 Å². The number of rotatable bonds is 4. The number of hydrogen-bond acceptors (Lipinski definition) is 4. The van der Waals surface area contributed by atoms with Gasteiger partial charge in [-0.1, -0.05) is 12.1 Å². The zero-order valence-electron chi connectivity index (χ0n) is 13.5. The minimum atomic E-state index is -4.66. The molecule has 0 fully saturated rings. The predicted octanol–water partition coefficient (Wildman–Crippen LogP) is 3.39. The predicted molar refractivity (Wildman–Crippen MR) is 90.7 cm³/mol. The minimum absolute atomic E-state index is 0.131. The highest BCUT2D eigenvalue weighted by atomic mass is 32.2. The maximum absolute atomic E-state index is 12.8. The summed E-state index contributed by atoms with van der Waals surface area (Å²) in [4.78, 5) is 15.4. The smallest absolute Gasteiger partial charge is 0.319 e. The Bertz CT molecular complexity index is 1080. The van der Waals surface area contributed by atoms with Crippen molar-refractivity contribution in [2.45, 2.75) is 11.1 Å². The average Bonchev–Trinajstić information content (AvgIpc) is 3.11. The first-order valence-corrected chi connectivity index (χ1v) is 8.95. The second-order valence-electron chi connectivity index (χ2n) is 5.43. The first-order valence-electron chi connectivity index (χ1n) is 7.51. The van der Waals surface area contributed by atoms with Crippen molar-refractivity contribution in [1.29, 1.82) is 0 Å². The van der Waals surface area contributed by atoms with Gasteiger partial charge < -0.3 is 5.32 Å². The van der Waals surface area contributed by atoms with E-state index in [9.17, 15) is 26.4 Å². The second kappa shape index (κ2) is 6.88. The third-order valence-corrected chi connectivity index (χ3v) is 5.19. The monoisotopic (exact) mass is 395 g/mol. The van der Waals surface area contributed by atoms with Crippen LogP contribution in [0.1, 0.15) is 16.1 Å². The van der Waals surface area contributed by atoms with E-state index in [-0.39, 0.29) is 11.4 Å². The van der Waals surface area contributed by atoms with Gasteiger partial charge in [0.15, 0.2) is 0 Å². The number of carbonyl (C=O) groups excluding carboxylic acids is 1. The maximum atomic E-state index is 12.8. The standard InChI is InChI=1S/C17H12F3N3O3S/c18-17(19,20)12-4-3-5-14(10-12)27(25,26)23-9-7-13(11-23)22-16(24)15-6-1-2-8-21-15/h1-11H,(H,22,24). The van der Waals surface area contributed by atoms with Crippen molar-refractivity contribution in [3.63, 3.8) is 0 Å². The van der Waals surface area contributed by atoms with Crippen LogP contribution in [-0.4, -0.2) is 23.3 Å². The fraction of sp³-hybridized carbons (Fsp3) is 0.0588. The van der Waals surface area contributed by atoms with E-state index in [0.29, 0.717) is 6.07 Å². The number of nitrogens with zero attached hydrogens (tertiary/aromatic N) is 2. The molecule has 0 saturated carbocycles. The number of hydrogen-bond donors (Lipinski definition) is 1. The zero-order valence-corrected chi connectivity index (χ0v) is 14.3. The van der Waals surface area contributed by atoms with Crippen LogP contribution >= 0.6 is 0 Å². The summed E-state index contributed by atoms with van der Waals surface area (Å²) in [5, 5.41) is 2.47. The summed E-state index contributed by atoms with van der Waals surface area (Å²) in [6, 6.07) is 9.46. The zero-order chi connectivity index (χ0) is 19.7. The van der Waals surface area contributed by atoms with Crippen molar-refractivity contribution in [3.05, 3.63) is 78.4 Å². The number of anilines is 1. The molecule has 0 saturated heterocycles.